The number of carboxylic acid groups (broad SMARTS) is 1. The quantitative estimate of drug-likeness (QED) is 0.876. The van der Waals surface area contributed by atoms with Crippen LogP contribution < -0.4 is 5.32 Å². The van der Waals surface area contributed by atoms with E-state index in [1.54, 1.807) is 0 Å². The topological polar surface area (TPSA) is 66.4 Å². The molecule has 1 amide bonds. The molecule has 0 aliphatic heterocycles. The van der Waals surface area contributed by atoms with Crippen molar-refractivity contribution in [3.63, 3.8) is 0 Å². The third kappa shape index (κ3) is 3.37. The van der Waals surface area contributed by atoms with Crippen molar-refractivity contribution in [2.45, 2.75) is 26.2 Å². The first-order chi connectivity index (χ1) is 9.72. The average Bonchev–Trinajstić information content (AvgIpc) is 3.16. The van der Waals surface area contributed by atoms with Gasteiger partial charge >= 0.3 is 5.97 Å². The normalized spacial score (nSPS) is 21.0. The van der Waals surface area contributed by atoms with Gasteiger partial charge in [0.1, 0.15) is 11.6 Å². The predicted octanol–water partition coefficient (Wildman–Crippen LogP) is 2.30. The van der Waals surface area contributed by atoms with Gasteiger partial charge in [-0.1, -0.05) is 6.07 Å². The summed E-state index contributed by atoms with van der Waals surface area (Å²) in [5, 5.41) is 11.5. The molecule has 2 rings (SSSR count). The molecule has 0 bridgehead atoms. The number of carboxylic acids is 1. The summed E-state index contributed by atoms with van der Waals surface area (Å²) >= 11 is 0. The number of halogens is 2. The maximum Gasteiger partial charge on any atom is 0.310 e. The van der Waals surface area contributed by atoms with Gasteiger partial charge in [-0.25, -0.2) is 8.78 Å². The maximum atomic E-state index is 13.6. The second-order valence-corrected chi connectivity index (χ2v) is 6.02. The van der Waals surface area contributed by atoms with Crippen LogP contribution in [0.5, 0.6) is 0 Å². The molecule has 0 aromatic heterocycles. The molecule has 114 valence electrons. The third-order valence-electron chi connectivity index (χ3n) is 3.77. The van der Waals surface area contributed by atoms with Crippen LogP contribution in [0.15, 0.2) is 18.2 Å². The number of carbonyl (C=O) groups is 2. The van der Waals surface area contributed by atoms with Gasteiger partial charge in [0, 0.05) is 18.5 Å². The summed E-state index contributed by atoms with van der Waals surface area (Å²) in [5.41, 5.74) is -0.727. The molecule has 1 aliphatic rings. The average molecular weight is 297 g/mol. The molecule has 6 heteroatoms. The monoisotopic (exact) mass is 297 g/mol. The van der Waals surface area contributed by atoms with Crippen LogP contribution in [-0.4, -0.2) is 23.5 Å². The maximum absolute atomic E-state index is 13.6. The van der Waals surface area contributed by atoms with E-state index in [1.165, 1.54) is 26.0 Å². The van der Waals surface area contributed by atoms with Gasteiger partial charge in [0.15, 0.2) is 0 Å². The highest BCUT2D eigenvalue weighted by Crippen LogP contribution is 2.48. The molecular formula is C15H17F2NO3. The Kier molecular flexibility index (Phi) is 3.98. The van der Waals surface area contributed by atoms with Crippen molar-refractivity contribution in [3.8, 4) is 0 Å². The molecule has 0 spiro atoms. The zero-order chi connectivity index (χ0) is 15.8. The Labute approximate surface area is 121 Å². The number of amides is 1. The number of carbonyl (C=O) groups excluding carboxylic acids is 1. The first kappa shape index (κ1) is 15.4. The highest BCUT2D eigenvalue weighted by Gasteiger charge is 2.45. The Hall–Kier alpha value is -1.98. The molecule has 1 aromatic rings. The first-order valence-electron chi connectivity index (χ1n) is 6.68. The van der Waals surface area contributed by atoms with Gasteiger partial charge in [0.25, 0.3) is 0 Å². The van der Waals surface area contributed by atoms with E-state index in [-0.39, 0.29) is 24.3 Å². The second-order valence-electron chi connectivity index (χ2n) is 6.02. The number of nitrogens with one attached hydrogen (secondary N) is 1. The number of hydrogen-bond donors (Lipinski definition) is 2. The minimum absolute atomic E-state index is 0.0102. The third-order valence-corrected chi connectivity index (χ3v) is 3.77. The number of aliphatic carboxylic acids is 1. The summed E-state index contributed by atoms with van der Waals surface area (Å²) in [4.78, 5) is 22.9. The lowest BCUT2D eigenvalue weighted by atomic mass is 9.94. The molecule has 0 radical (unpaired) electrons. The van der Waals surface area contributed by atoms with Gasteiger partial charge in [0.05, 0.1) is 5.41 Å². The lowest BCUT2D eigenvalue weighted by Crippen LogP contribution is -2.39. The van der Waals surface area contributed by atoms with Crippen LogP contribution in [-0.2, 0) is 9.59 Å². The predicted molar refractivity (Wildman–Crippen MR) is 71.6 cm³/mol. The summed E-state index contributed by atoms with van der Waals surface area (Å²) in [6.45, 7) is 3.04. The molecule has 1 aromatic carbocycles. The van der Waals surface area contributed by atoms with Crippen molar-refractivity contribution in [1.82, 2.24) is 5.32 Å². The van der Waals surface area contributed by atoms with E-state index < -0.39 is 23.0 Å². The zero-order valence-electron chi connectivity index (χ0n) is 11.8. The Morgan fingerprint density at radius 2 is 2.05 bits per heavy atom. The standard InChI is InChI=1S/C15H17F2NO3/c1-15(2,14(20)21)7-18-13(19)11-6-10(11)9-4-3-8(16)5-12(9)17/h3-5,10-11H,6-7H2,1-2H3,(H,18,19)(H,20,21). The molecule has 2 atom stereocenters. The lowest BCUT2D eigenvalue weighted by Gasteiger charge is -2.19. The van der Waals surface area contributed by atoms with Gasteiger partial charge in [-0.05, 0) is 37.8 Å². The second kappa shape index (κ2) is 5.42. The fourth-order valence-electron chi connectivity index (χ4n) is 2.15. The molecule has 1 saturated carbocycles. The molecule has 2 unspecified atom stereocenters. The van der Waals surface area contributed by atoms with Crippen LogP contribution in [0.4, 0.5) is 8.78 Å². The smallest absolute Gasteiger partial charge is 0.310 e. The van der Waals surface area contributed by atoms with E-state index in [0.717, 1.165) is 6.07 Å². The van der Waals surface area contributed by atoms with Crippen LogP contribution in [0.2, 0.25) is 0 Å². The van der Waals surface area contributed by atoms with Crippen LogP contribution >= 0.6 is 0 Å². The van der Waals surface area contributed by atoms with Gasteiger partial charge in [-0.2, -0.15) is 0 Å². The van der Waals surface area contributed by atoms with Gasteiger partial charge in [-0.15, -0.1) is 0 Å². The van der Waals surface area contributed by atoms with Crippen LogP contribution in [0, 0.1) is 23.0 Å². The molecule has 0 saturated heterocycles. The Bertz CT molecular complexity index is 586. The van der Waals surface area contributed by atoms with Crippen molar-refractivity contribution in [1.29, 1.82) is 0 Å². The van der Waals surface area contributed by atoms with E-state index in [9.17, 15) is 18.4 Å². The number of hydrogen-bond acceptors (Lipinski definition) is 2. The molecular weight excluding hydrogens is 280 g/mol. The largest absolute Gasteiger partial charge is 0.481 e. The van der Waals surface area contributed by atoms with Crippen LogP contribution in [0.1, 0.15) is 31.7 Å². The Morgan fingerprint density at radius 3 is 2.62 bits per heavy atom. The van der Waals surface area contributed by atoms with Crippen molar-refractivity contribution >= 4 is 11.9 Å². The zero-order valence-corrected chi connectivity index (χ0v) is 11.8. The molecule has 1 fully saturated rings. The van der Waals surface area contributed by atoms with Crippen molar-refractivity contribution < 1.29 is 23.5 Å². The van der Waals surface area contributed by atoms with E-state index in [4.69, 9.17) is 5.11 Å². The minimum Gasteiger partial charge on any atom is -0.481 e. The van der Waals surface area contributed by atoms with E-state index >= 15 is 0 Å². The van der Waals surface area contributed by atoms with E-state index in [0.29, 0.717) is 12.0 Å². The lowest BCUT2D eigenvalue weighted by molar-refractivity contribution is -0.146. The summed E-state index contributed by atoms with van der Waals surface area (Å²) in [6.07, 6.45) is 0.488. The van der Waals surface area contributed by atoms with Crippen molar-refractivity contribution in [3.05, 3.63) is 35.4 Å². The minimum atomic E-state index is -1.05. The molecule has 0 heterocycles. The summed E-state index contributed by atoms with van der Waals surface area (Å²) in [7, 11) is 0. The molecule has 21 heavy (non-hydrogen) atoms. The van der Waals surface area contributed by atoms with Crippen molar-refractivity contribution in [2.75, 3.05) is 6.54 Å². The molecule has 1 aliphatic carbocycles. The molecule has 4 nitrogen and oxygen atoms in total. The van der Waals surface area contributed by atoms with Crippen molar-refractivity contribution in [2.24, 2.45) is 11.3 Å². The fourth-order valence-corrected chi connectivity index (χ4v) is 2.15. The molecule has 2 N–H and O–H groups in total. The van der Waals surface area contributed by atoms with Crippen LogP contribution in [0.25, 0.3) is 0 Å². The fraction of sp³-hybridized carbons (Fsp3) is 0.467. The van der Waals surface area contributed by atoms with Gasteiger partial charge < -0.3 is 10.4 Å². The summed E-state index contributed by atoms with van der Waals surface area (Å²) in [5.74, 6) is -3.24. The van der Waals surface area contributed by atoms with E-state index in [2.05, 4.69) is 5.32 Å². The first-order valence-corrected chi connectivity index (χ1v) is 6.68. The summed E-state index contributed by atoms with van der Waals surface area (Å²) in [6, 6.07) is 3.32. The Balaban J connectivity index is 1.94. The SMILES string of the molecule is CC(C)(CNC(=O)C1CC1c1ccc(F)cc1F)C(=O)O. The highest BCUT2D eigenvalue weighted by atomic mass is 19.1. The van der Waals surface area contributed by atoms with E-state index in [1.807, 2.05) is 0 Å². The van der Waals surface area contributed by atoms with Crippen LogP contribution in [0.3, 0.4) is 0 Å². The van der Waals surface area contributed by atoms with Gasteiger partial charge in [0.2, 0.25) is 5.91 Å². The van der Waals surface area contributed by atoms with Gasteiger partial charge in [-0.3, -0.25) is 9.59 Å². The highest BCUT2D eigenvalue weighted by molar-refractivity contribution is 5.84. The Morgan fingerprint density at radius 1 is 1.38 bits per heavy atom. The summed E-state index contributed by atoms with van der Waals surface area (Å²) < 4.78 is 26.4. The number of rotatable bonds is 5. The number of benzene rings is 1.